The van der Waals surface area contributed by atoms with Gasteiger partial charge in [-0.3, -0.25) is 28.8 Å². The first-order chi connectivity index (χ1) is 17.8. The first-order valence-corrected chi connectivity index (χ1v) is 13.1. The van der Waals surface area contributed by atoms with Gasteiger partial charge in [0.25, 0.3) is 0 Å². The molecule has 3 aliphatic rings. The van der Waals surface area contributed by atoms with E-state index in [1.165, 1.54) is 6.07 Å². The van der Waals surface area contributed by atoms with Gasteiger partial charge in [0.05, 0.1) is 11.5 Å². The fourth-order valence-corrected chi connectivity index (χ4v) is 7.00. The Bertz CT molecular complexity index is 1270. The van der Waals surface area contributed by atoms with Crippen LogP contribution in [0.3, 0.4) is 0 Å². The number of phenols is 1. The molecule has 38 heavy (non-hydrogen) atoms. The largest absolute Gasteiger partial charge is 0.507 e. The third kappa shape index (κ3) is 3.72. The van der Waals surface area contributed by atoms with E-state index in [0.717, 1.165) is 5.56 Å². The highest BCUT2D eigenvalue weighted by atomic mass is 16.3. The number of primary amides is 1. The summed E-state index contributed by atoms with van der Waals surface area (Å²) in [4.78, 5) is 79.3. The zero-order valence-corrected chi connectivity index (χ0v) is 22.0. The average Bonchev–Trinajstić information content (AvgIpc) is 2.84. The predicted octanol–water partition coefficient (Wildman–Crippen LogP) is 0.983. The Morgan fingerprint density at radius 2 is 1.79 bits per heavy atom. The van der Waals surface area contributed by atoms with Crippen molar-refractivity contribution in [1.82, 2.24) is 5.32 Å². The van der Waals surface area contributed by atoms with E-state index >= 15 is 0 Å². The number of carbonyl (C=O) groups excluding carboxylic acids is 6. The number of rotatable bonds is 6. The van der Waals surface area contributed by atoms with Crippen molar-refractivity contribution >= 4 is 34.9 Å². The van der Waals surface area contributed by atoms with Gasteiger partial charge in [-0.25, -0.2) is 0 Å². The van der Waals surface area contributed by atoms with E-state index in [1.54, 1.807) is 19.9 Å². The third-order valence-electron chi connectivity index (χ3n) is 8.86. The molecule has 204 valence electrons. The van der Waals surface area contributed by atoms with Crippen LogP contribution >= 0.6 is 0 Å². The van der Waals surface area contributed by atoms with Gasteiger partial charge in [-0.15, -0.1) is 0 Å². The summed E-state index contributed by atoms with van der Waals surface area (Å²) in [6.07, 6.45) is 0.269. The molecule has 4 rings (SSSR count). The van der Waals surface area contributed by atoms with Gasteiger partial charge in [0.15, 0.2) is 34.7 Å². The average molecular weight is 527 g/mol. The molecule has 2 fully saturated rings. The molecule has 0 aromatic heterocycles. The van der Waals surface area contributed by atoms with E-state index in [-0.39, 0.29) is 55.4 Å². The molecule has 1 aromatic carbocycles. The number of Topliss-reactive ketones (excluding diaryl/α,β-unsaturated/α-hetero) is 4. The Hall–Kier alpha value is -3.40. The Kier molecular flexibility index (Phi) is 6.84. The molecule has 0 radical (unpaired) electrons. The van der Waals surface area contributed by atoms with Crippen LogP contribution in [-0.2, 0) is 30.4 Å². The molecule has 10 heteroatoms. The van der Waals surface area contributed by atoms with Crippen molar-refractivity contribution in [3.8, 4) is 5.75 Å². The fourth-order valence-electron chi connectivity index (χ4n) is 7.00. The van der Waals surface area contributed by atoms with Crippen LogP contribution in [0.4, 0.5) is 0 Å². The van der Waals surface area contributed by atoms with E-state index in [1.807, 2.05) is 13.8 Å². The lowest BCUT2D eigenvalue weighted by Gasteiger charge is -2.56. The molecule has 2 amide bonds. The molecular formula is C28H34N2O8. The van der Waals surface area contributed by atoms with Gasteiger partial charge in [0.2, 0.25) is 11.8 Å². The van der Waals surface area contributed by atoms with E-state index in [9.17, 15) is 39.0 Å². The SMILES string of the molecule is CCC(=O)NCC12Cc3c(C(C)C)ccc(O)c3C(=O)C1C(=O)C1(O)C(=O)C(C(N)=O)C(=O)C(CC)C1C2. The molecule has 10 nitrogen and oxygen atoms in total. The van der Waals surface area contributed by atoms with Crippen molar-refractivity contribution in [2.24, 2.45) is 34.8 Å². The van der Waals surface area contributed by atoms with E-state index in [0.29, 0.717) is 5.56 Å². The summed E-state index contributed by atoms with van der Waals surface area (Å²) < 4.78 is 0. The number of hydrogen-bond donors (Lipinski definition) is 4. The summed E-state index contributed by atoms with van der Waals surface area (Å²) in [7, 11) is 0. The summed E-state index contributed by atoms with van der Waals surface area (Å²) in [6, 6.07) is 3.09. The van der Waals surface area contributed by atoms with Crippen molar-refractivity contribution in [3.05, 3.63) is 28.8 Å². The second-order valence-corrected chi connectivity index (χ2v) is 11.2. The van der Waals surface area contributed by atoms with Gasteiger partial charge >= 0.3 is 0 Å². The van der Waals surface area contributed by atoms with Gasteiger partial charge in [0, 0.05) is 30.2 Å². The molecule has 6 atom stereocenters. The minimum atomic E-state index is -2.78. The normalized spacial score (nSPS) is 32.5. The summed E-state index contributed by atoms with van der Waals surface area (Å²) in [5, 5.41) is 25.2. The van der Waals surface area contributed by atoms with Crippen LogP contribution in [0.1, 0.15) is 74.4 Å². The molecule has 0 aliphatic heterocycles. The van der Waals surface area contributed by atoms with Gasteiger partial charge in [-0.05, 0) is 42.4 Å². The highest BCUT2D eigenvalue weighted by molar-refractivity contribution is 6.32. The monoisotopic (exact) mass is 526 g/mol. The van der Waals surface area contributed by atoms with Crippen LogP contribution < -0.4 is 11.1 Å². The maximum Gasteiger partial charge on any atom is 0.235 e. The number of nitrogens with two attached hydrogens (primary N) is 1. The zero-order valence-electron chi connectivity index (χ0n) is 22.0. The van der Waals surface area contributed by atoms with Crippen molar-refractivity contribution in [1.29, 1.82) is 0 Å². The minimum absolute atomic E-state index is 0.0373. The topological polar surface area (TPSA) is 181 Å². The minimum Gasteiger partial charge on any atom is -0.507 e. The second kappa shape index (κ2) is 9.41. The fraction of sp³-hybridized carbons (Fsp3) is 0.571. The number of hydrogen-bond acceptors (Lipinski definition) is 8. The van der Waals surface area contributed by atoms with Crippen molar-refractivity contribution in [2.45, 2.75) is 64.9 Å². The smallest absolute Gasteiger partial charge is 0.235 e. The lowest BCUT2D eigenvalue weighted by atomic mass is 9.45. The number of benzene rings is 1. The van der Waals surface area contributed by atoms with Crippen LogP contribution in [0.5, 0.6) is 5.75 Å². The maximum absolute atomic E-state index is 14.2. The number of aliphatic hydroxyl groups is 1. The number of amides is 2. The van der Waals surface area contributed by atoms with Gasteiger partial charge in [-0.1, -0.05) is 33.8 Å². The first-order valence-electron chi connectivity index (χ1n) is 13.1. The van der Waals surface area contributed by atoms with E-state index in [4.69, 9.17) is 5.73 Å². The highest BCUT2D eigenvalue weighted by Gasteiger charge is 2.71. The maximum atomic E-state index is 14.2. The molecular weight excluding hydrogens is 492 g/mol. The number of fused-ring (bicyclic) bond motifs is 3. The van der Waals surface area contributed by atoms with Gasteiger partial charge < -0.3 is 21.3 Å². The molecule has 0 spiro atoms. The Labute approximate surface area is 220 Å². The number of phenolic OH excluding ortho intramolecular Hbond substituents is 1. The van der Waals surface area contributed by atoms with Gasteiger partial charge in [0.1, 0.15) is 5.75 Å². The number of ketones is 4. The van der Waals surface area contributed by atoms with Crippen molar-refractivity contribution < 1.29 is 39.0 Å². The molecule has 2 saturated carbocycles. The second-order valence-electron chi connectivity index (χ2n) is 11.2. The van der Waals surface area contributed by atoms with Crippen LogP contribution in [0.2, 0.25) is 0 Å². The standard InChI is InChI=1S/C28H34N2O8/c1-5-13-16-10-27(11-30-18(32)6-2)9-15-14(12(3)4)7-8-17(31)19(15)23(34)21(27)25(36)28(16,38)24(35)20(22(13)33)26(29)37/h7-8,12-13,16,20-21,31,38H,5-6,9-11H2,1-4H3,(H2,29,37)(H,30,32). The number of carbonyl (C=O) groups is 6. The zero-order chi connectivity index (χ0) is 28.3. The summed E-state index contributed by atoms with van der Waals surface area (Å²) in [5.74, 6) is -11.7. The highest BCUT2D eigenvalue weighted by Crippen LogP contribution is 2.58. The number of nitrogens with one attached hydrogen (secondary N) is 1. The van der Waals surface area contributed by atoms with Crippen molar-refractivity contribution in [3.63, 3.8) is 0 Å². The molecule has 6 unspecified atom stereocenters. The molecule has 0 heterocycles. The molecule has 3 aliphatic carbocycles. The molecule has 1 aromatic rings. The lowest BCUT2D eigenvalue weighted by molar-refractivity contribution is -0.186. The predicted molar refractivity (Wildman–Crippen MR) is 134 cm³/mol. The van der Waals surface area contributed by atoms with Crippen LogP contribution in [-0.4, -0.2) is 57.3 Å². The van der Waals surface area contributed by atoms with E-state index in [2.05, 4.69) is 5.32 Å². The summed E-state index contributed by atoms with van der Waals surface area (Å²) in [5.41, 5.74) is 2.58. The quantitative estimate of drug-likeness (QED) is 0.396. The molecule has 5 N–H and O–H groups in total. The Morgan fingerprint density at radius 3 is 2.34 bits per heavy atom. The summed E-state index contributed by atoms with van der Waals surface area (Å²) >= 11 is 0. The van der Waals surface area contributed by atoms with Crippen LogP contribution in [0, 0.1) is 29.1 Å². The first kappa shape index (κ1) is 27.6. The lowest BCUT2D eigenvalue weighted by Crippen LogP contribution is -2.73. The summed E-state index contributed by atoms with van der Waals surface area (Å²) in [6.45, 7) is 7.04. The third-order valence-corrected chi connectivity index (χ3v) is 8.86. The van der Waals surface area contributed by atoms with Crippen molar-refractivity contribution in [2.75, 3.05) is 6.54 Å². The van der Waals surface area contributed by atoms with Crippen LogP contribution in [0.25, 0.3) is 0 Å². The molecule has 0 bridgehead atoms. The number of aromatic hydroxyl groups is 1. The Morgan fingerprint density at radius 1 is 1.13 bits per heavy atom. The van der Waals surface area contributed by atoms with Crippen LogP contribution in [0.15, 0.2) is 12.1 Å². The Balaban J connectivity index is 1.97. The van der Waals surface area contributed by atoms with Gasteiger partial charge in [-0.2, -0.15) is 0 Å². The molecule has 0 saturated heterocycles. The van der Waals surface area contributed by atoms with E-state index < -0.39 is 63.7 Å².